The Kier molecular flexibility index (Phi) is 1.90. The van der Waals surface area contributed by atoms with Crippen LogP contribution in [0.5, 0.6) is 0 Å². The Morgan fingerprint density at radius 3 is 2.62 bits per heavy atom. The first kappa shape index (κ1) is 6.09. The highest BCUT2D eigenvalue weighted by Crippen LogP contribution is 2.34. The summed E-state index contributed by atoms with van der Waals surface area (Å²) in [6.45, 7) is 2.17. The van der Waals surface area contributed by atoms with Gasteiger partial charge in [-0.15, -0.1) is 0 Å². The third kappa shape index (κ3) is 1.83. The van der Waals surface area contributed by atoms with Gasteiger partial charge in [0.05, 0.1) is 6.61 Å². The van der Waals surface area contributed by atoms with Gasteiger partial charge in [-0.3, -0.25) is 0 Å². The highest BCUT2D eigenvalue weighted by atomic mass is 16.3. The fourth-order valence-corrected chi connectivity index (χ4v) is 0.991. The Bertz CT molecular complexity index is 66.8. The van der Waals surface area contributed by atoms with Crippen LogP contribution < -0.4 is 0 Å². The second kappa shape index (κ2) is 2.49. The van der Waals surface area contributed by atoms with E-state index in [4.69, 9.17) is 0 Å². The van der Waals surface area contributed by atoms with Crippen LogP contribution in [0.1, 0.15) is 26.2 Å². The van der Waals surface area contributed by atoms with Crippen molar-refractivity contribution in [2.24, 2.45) is 11.8 Å². The second-order valence-corrected chi connectivity index (χ2v) is 2.95. The molecular formula is C7H13O. The molecular weight excluding hydrogens is 100 g/mol. The van der Waals surface area contributed by atoms with Crippen LogP contribution in [0.3, 0.4) is 0 Å². The molecule has 0 spiro atoms. The monoisotopic (exact) mass is 113 g/mol. The van der Waals surface area contributed by atoms with Gasteiger partial charge >= 0.3 is 0 Å². The van der Waals surface area contributed by atoms with E-state index in [1.807, 2.05) is 6.92 Å². The third-order valence-corrected chi connectivity index (χ3v) is 1.72. The van der Waals surface area contributed by atoms with Gasteiger partial charge in [0.1, 0.15) is 0 Å². The molecule has 0 N–H and O–H groups in total. The highest BCUT2D eigenvalue weighted by Gasteiger charge is 2.22. The largest absolute Gasteiger partial charge is 0.236 e. The normalized spacial score (nSPS) is 23.2. The molecule has 1 heteroatoms. The topological polar surface area (TPSA) is 19.9 Å². The van der Waals surface area contributed by atoms with Crippen molar-refractivity contribution in [2.75, 3.05) is 6.61 Å². The van der Waals surface area contributed by atoms with Crippen molar-refractivity contribution in [3.05, 3.63) is 0 Å². The molecule has 0 amide bonds. The summed E-state index contributed by atoms with van der Waals surface area (Å²) in [5, 5.41) is 10.2. The summed E-state index contributed by atoms with van der Waals surface area (Å²) >= 11 is 0. The van der Waals surface area contributed by atoms with E-state index in [0.29, 0.717) is 5.92 Å². The van der Waals surface area contributed by atoms with Crippen LogP contribution in [0.4, 0.5) is 0 Å². The van der Waals surface area contributed by atoms with Crippen LogP contribution >= 0.6 is 0 Å². The lowest BCUT2D eigenvalue weighted by atomic mass is 10.1. The maximum Gasteiger partial charge on any atom is 0.0847 e. The molecule has 8 heavy (non-hydrogen) atoms. The first-order valence-electron chi connectivity index (χ1n) is 3.41. The quantitative estimate of drug-likeness (QED) is 0.532. The molecule has 1 unspecified atom stereocenters. The second-order valence-electron chi connectivity index (χ2n) is 2.95. The molecule has 0 aromatic rings. The highest BCUT2D eigenvalue weighted by molar-refractivity contribution is 4.74. The number of rotatable bonds is 3. The summed E-state index contributed by atoms with van der Waals surface area (Å²) in [5.41, 5.74) is 0. The maximum atomic E-state index is 10.2. The smallest absolute Gasteiger partial charge is 0.0847 e. The first-order valence-corrected chi connectivity index (χ1v) is 3.41. The third-order valence-electron chi connectivity index (χ3n) is 1.72. The van der Waals surface area contributed by atoms with Crippen molar-refractivity contribution in [3.63, 3.8) is 0 Å². The van der Waals surface area contributed by atoms with Crippen molar-refractivity contribution in [3.8, 4) is 0 Å². The Labute approximate surface area is 50.7 Å². The molecule has 0 bridgehead atoms. The van der Waals surface area contributed by atoms with Gasteiger partial charge in [-0.1, -0.05) is 19.8 Å². The van der Waals surface area contributed by atoms with Gasteiger partial charge in [0.15, 0.2) is 0 Å². The summed E-state index contributed by atoms with van der Waals surface area (Å²) in [5.74, 6) is 1.36. The van der Waals surface area contributed by atoms with Crippen LogP contribution in [-0.2, 0) is 5.11 Å². The lowest BCUT2D eigenvalue weighted by molar-refractivity contribution is 0.144. The Balaban J connectivity index is 1.98. The Hall–Kier alpha value is -0.0400. The van der Waals surface area contributed by atoms with Gasteiger partial charge in [-0.05, 0) is 18.3 Å². The van der Waals surface area contributed by atoms with Crippen molar-refractivity contribution in [2.45, 2.75) is 26.2 Å². The molecule has 0 aromatic carbocycles. The van der Waals surface area contributed by atoms with Crippen LogP contribution in [0.15, 0.2) is 0 Å². The Morgan fingerprint density at radius 1 is 1.62 bits per heavy atom. The van der Waals surface area contributed by atoms with E-state index in [2.05, 4.69) is 0 Å². The predicted octanol–water partition coefficient (Wildman–Crippen LogP) is 1.85. The summed E-state index contributed by atoms with van der Waals surface area (Å²) in [7, 11) is 0. The minimum absolute atomic E-state index is 0.122. The van der Waals surface area contributed by atoms with Crippen LogP contribution in [0.25, 0.3) is 0 Å². The van der Waals surface area contributed by atoms with E-state index in [-0.39, 0.29) is 6.61 Å². The molecule has 1 nitrogen and oxygen atoms in total. The van der Waals surface area contributed by atoms with Gasteiger partial charge in [0.25, 0.3) is 0 Å². The zero-order valence-electron chi connectivity index (χ0n) is 5.39. The van der Waals surface area contributed by atoms with Gasteiger partial charge in [-0.25, -0.2) is 5.11 Å². The summed E-state index contributed by atoms with van der Waals surface area (Å²) < 4.78 is 0. The molecule has 0 aromatic heterocycles. The molecule has 0 aliphatic heterocycles. The summed E-state index contributed by atoms with van der Waals surface area (Å²) in [6.07, 6.45) is 3.94. The van der Waals surface area contributed by atoms with Crippen LogP contribution in [0, 0.1) is 11.8 Å². The fraction of sp³-hybridized carbons (Fsp3) is 1.00. The summed E-state index contributed by atoms with van der Waals surface area (Å²) in [6, 6.07) is 0. The fourth-order valence-electron chi connectivity index (χ4n) is 0.991. The van der Waals surface area contributed by atoms with Gasteiger partial charge in [0, 0.05) is 0 Å². The molecule has 0 heterocycles. The van der Waals surface area contributed by atoms with Gasteiger partial charge in [0.2, 0.25) is 0 Å². The molecule has 47 valence electrons. The summed E-state index contributed by atoms with van der Waals surface area (Å²) in [4.78, 5) is 0. The molecule has 1 radical (unpaired) electrons. The van der Waals surface area contributed by atoms with Crippen LogP contribution in [-0.4, -0.2) is 6.61 Å². The van der Waals surface area contributed by atoms with E-state index in [9.17, 15) is 5.11 Å². The Morgan fingerprint density at radius 2 is 2.25 bits per heavy atom. The minimum Gasteiger partial charge on any atom is -0.236 e. The number of hydrogen-bond acceptors (Lipinski definition) is 0. The average molecular weight is 113 g/mol. The minimum atomic E-state index is 0.122. The molecule has 1 rings (SSSR count). The van der Waals surface area contributed by atoms with E-state index in [1.165, 1.54) is 19.3 Å². The molecule has 1 aliphatic carbocycles. The molecule has 1 fully saturated rings. The van der Waals surface area contributed by atoms with Crippen molar-refractivity contribution >= 4 is 0 Å². The average Bonchev–Trinajstić information content (AvgIpc) is 2.50. The molecule has 0 saturated heterocycles. The van der Waals surface area contributed by atoms with Crippen LogP contribution in [0.2, 0.25) is 0 Å². The zero-order chi connectivity index (χ0) is 5.98. The lowest BCUT2D eigenvalue weighted by Gasteiger charge is -2.01. The van der Waals surface area contributed by atoms with Crippen molar-refractivity contribution in [1.29, 1.82) is 0 Å². The SMILES string of the molecule is CC(C[O])CC1CC1. The van der Waals surface area contributed by atoms with E-state index < -0.39 is 0 Å². The zero-order valence-corrected chi connectivity index (χ0v) is 5.39. The van der Waals surface area contributed by atoms with Crippen molar-refractivity contribution in [1.82, 2.24) is 0 Å². The molecule has 1 saturated carbocycles. The van der Waals surface area contributed by atoms with E-state index >= 15 is 0 Å². The standard InChI is InChI=1S/C7H13O/c1-6(5-8)4-7-2-3-7/h6-7H,2-5H2,1H3. The van der Waals surface area contributed by atoms with Gasteiger partial charge in [-0.2, -0.15) is 0 Å². The maximum absolute atomic E-state index is 10.2. The van der Waals surface area contributed by atoms with Crippen molar-refractivity contribution < 1.29 is 5.11 Å². The number of hydrogen-bond donors (Lipinski definition) is 0. The molecule has 1 aliphatic rings. The van der Waals surface area contributed by atoms with E-state index in [0.717, 1.165) is 5.92 Å². The predicted molar refractivity (Wildman–Crippen MR) is 32.1 cm³/mol. The lowest BCUT2D eigenvalue weighted by Crippen LogP contribution is -1.99. The first-order chi connectivity index (χ1) is 3.83. The van der Waals surface area contributed by atoms with E-state index in [1.54, 1.807) is 0 Å². The molecule has 1 atom stereocenters. The van der Waals surface area contributed by atoms with Gasteiger partial charge < -0.3 is 0 Å².